The minimum Gasteiger partial charge on any atom is -0.382 e. The highest BCUT2D eigenvalue weighted by molar-refractivity contribution is 14.1. The maximum absolute atomic E-state index is 5.49. The van der Waals surface area contributed by atoms with Crippen LogP contribution in [0.2, 0.25) is 0 Å². The fourth-order valence-corrected chi connectivity index (χ4v) is 1.48. The molecule has 0 saturated carbocycles. The van der Waals surface area contributed by atoms with Gasteiger partial charge >= 0.3 is 0 Å². The normalized spacial score (nSPS) is 10.2. The molecule has 0 saturated heterocycles. The van der Waals surface area contributed by atoms with Gasteiger partial charge in [0.2, 0.25) is 0 Å². The number of hydrogen-bond acceptors (Lipinski definition) is 4. The van der Waals surface area contributed by atoms with Crippen molar-refractivity contribution in [3.8, 4) is 5.82 Å². The molecule has 0 bridgehead atoms. The lowest BCUT2D eigenvalue weighted by Crippen LogP contribution is -2.02. The van der Waals surface area contributed by atoms with E-state index in [0.717, 1.165) is 9.39 Å². The summed E-state index contributed by atoms with van der Waals surface area (Å²) in [5, 5.41) is 4.04. The Balaban J connectivity index is 2.52. The first-order valence-electron chi connectivity index (χ1n) is 3.54. The quantitative estimate of drug-likeness (QED) is 0.789. The average molecular weight is 287 g/mol. The molecule has 0 radical (unpaired) electrons. The number of halogens is 1. The first-order valence-corrected chi connectivity index (χ1v) is 4.62. The monoisotopic (exact) mass is 287 g/mol. The maximum Gasteiger partial charge on any atom is 0.170 e. The van der Waals surface area contributed by atoms with Crippen molar-refractivity contribution in [3.05, 3.63) is 28.4 Å². The summed E-state index contributed by atoms with van der Waals surface area (Å²) in [5.41, 5.74) is 5.49. The van der Waals surface area contributed by atoms with Gasteiger partial charge in [-0.15, -0.1) is 5.10 Å². The van der Waals surface area contributed by atoms with Crippen LogP contribution in [0.1, 0.15) is 0 Å². The smallest absolute Gasteiger partial charge is 0.170 e. The highest BCUT2D eigenvalue weighted by Gasteiger charge is 2.03. The molecule has 0 unspecified atom stereocenters. The highest BCUT2D eigenvalue weighted by Crippen LogP contribution is 2.12. The van der Waals surface area contributed by atoms with Crippen LogP contribution in [0.15, 0.2) is 24.8 Å². The summed E-state index contributed by atoms with van der Waals surface area (Å²) < 4.78 is 2.56. The third-order valence-corrected chi connectivity index (χ3v) is 2.24. The Morgan fingerprint density at radius 3 is 2.92 bits per heavy atom. The Labute approximate surface area is 88.1 Å². The number of aromatic nitrogens is 4. The van der Waals surface area contributed by atoms with E-state index < -0.39 is 0 Å². The van der Waals surface area contributed by atoms with Crippen LogP contribution >= 0.6 is 22.6 Å². The van der Waals surface area contributed by atoms with Gasteiger partial charge in [-0.3, -0.25) is 0 Å². The summed E-state index contributed by atoms with van der Waals surface area (Å²) in [6, 6.07) is 1.72. The molecule has 0 fully saturated rings. The summed E-state index contributed by atoms with van der Waals surface area (Å²) in [7, 11) is 0. The standard InChI is InChI=1S/C7H6IN5/c8-5-3-10-4-11-7(5)13-2-1-6(9)12-13/h1-4H,(H2,9,12). The fourth-order valence-electron chi connectivity index (χ4n) is 0.931. The van der Waals surface area contributed by atoms with E-state index in [1.807, 2.05) is 0 Å². The number of nitrogens with two attached hydrogens (primary N) is 1. The Hall–Kier alpha value is -1.18. The van der Waals surface area contributed by atoms with Gasteiger partial charge in [0, 0.05) is 18.5 Å². The number of rotatable bonds is 1. The molecule has 0 aromatic carbocycles. The molecule has 0 amide bonds. The molecule has 2 heterocycles. The van der Waals surface area contributed by atoms with Crippen LogP contribution in [0.3, 0.4) is 0 Å². The lowest BCUT2D eigenvalue weighted by molar-refractivity contribution is 0.837. The van der Waals surface area contributed by atoms with E-state index in [-0.39, 0.29) is 0 Å². The van der Waals surface area contributed by atoms with Crippen molar-refractivity contribution >= 4 is 28.4 Å². The first-order chi connectivity index (χ1) is 6.27. The molecule has 0 aliphatic rings. The molecular formula is C7H6IN5. The predicted molar refractivity (Wildman–Crippen MR) is 56.3 cm³/mol. The average Bonchev–Trinajstić information content (AvgIpc) is 2.53. The van der Waals surface area contributed by atoms with Gasteiger partial charge in [0.05, 0.1) is 3.57 Å². The molecule has 0 aliphatic carbocycles. The van der Waals surface area contributed by atoms with Crippen molar-refractivity contribution in [2.24, 2.45) is 0 Å². The van der Waals surface area contributed by atoms with Crippen molar-refractivity contribution in [1.82, 2.24) is 19.7 Å². The van der Waals surface area contributed by atoms with E-state index in [0.29, 0.717) is 5.82 Å². The van der Waals surface area contributed by atoms with E-state index in [1.54, 1.807) is 23.1 Å². The molecule has 0 spiro atoms. The van der Waals surface area contributed by atoms with Gasteiger partial charge in [0.25, 0.3) is 0 Å². The van der Waals surface area contributed by atoms with Crippen LogP contribution in [0.25, 0.3) is 5.82 Å². The second kappa shape index (κ2) is 3.29. The van der Waals surface area contributed by atoms with Crippen LogP contribution in [0.5, 0.6) is 0 Å². The summed E-state index contributed by atoms with van der Waals surface area (Å²) >= 11 is 2.15. The Bertz CT molecular complexity index is 424. The SMILES string of the molecule is Nc1ccn(-c2ncncc2I)n1. The van der Waals surface area contributed by atoms with Crippen LogP contribution in [0, 0.1) is 3.57 Å². The fraction of sp³-hybridized carbons (Fsp3) is 0. The van der Waals surface area contributed by atoms with Gasteiger partial charge < -0.3 is 5.73 Å². The topological polar surface area (TPSA) is 69.6 Å². The number of nitrogen functional groups attached to an aromatic ring is 1. The molecule has 66 valence electrons. The molecule has 2 N–H and O–H groups in total. The van der Waals surface area contributed by atoms with Gasteiger partial charge in [0.1, 0.15) is 12.1 Å². The molecule has 0 aliphatic heterocycles. The first kappa shape index (κ1) is 8.42. The summed E-state index contributed by atoms with van der Waals surface area (Å²) in [4.78, 5) is 7.97. The van der Waals surface area contributed by atoms with Gasteiger partial charge in [-0.1, -0.05) is 0 Å². The molecule has 5 nitrogen and oxygen atoms in total. The number of anilines is 1. The van der Waals surface area contributed by atoms with Crippen molar-refractivity contribution in [2.45, 2.75) is 0 Å². The van der Waals surface area contributed by atoms with Crippen LogP contribution in [0.4, 0.5) is 5.82 Å². The van der Waals surface area contributed by atoms with Gasteiger partial charge in [-0.2, -0.15) is 0 Å². The maximum atomic E-state index is 5.49. The van der Waals surface area contributed by atoms with E-state index in [4.69, 9.17) is 5.73 Å². The van der Waals surface area contributed by atoms with Gasteiger partial charge in [-0.25, -0.2) is 14.6 Å². The van der Waals surface area contributed by atoms with Crippen LogP contribution in [-0.4, -0.2) is 19.7 Å². The number of nitrogens with zero attached hydrogens (tertiary/aromatic N) is 4. The second-order valence-electron chi connectivity index (χ2n) is 2.38. The van der Waals surface area contributed by atoms with E-state index in [1.165, 1.54) is 6.33 Å². The third kappa shape index (κ3) is 1.62. The molecule has 6 heteroatoms. The zero-order chi connectivity index (χ0) is 9.26. The van der Waals surface area contributed by atoms with Gasteiger partial charge in [-0.05, 0) is 22.6 Å². The summed E-state index contributed by atoms with van der Waals surface area (Å²) in [5.74, 6) is 1.22. The molecule has 2 aromatic heterocycles. The van der Waals surface area contributed by atoms with Crippen LogP contribution in [-0.2, 0) is 0 Å². The lowest BCUT2D eigenvalue weighted by Gasteiger charge is -2.00. The third-order valence-electron chi connectivity index (χ3n) is 1.47. The summed E-state index contributed by atoms with van der Waals surface area (Å²) in [6.07, 6.45) is 4.97. The van der Waals surface area contributed by atoms with Crippen LogP contribution < -0.4 is 5.73 Å². The largest absolute Gasteiger partial charge is 0.382 e. The van der Waals surface area contributed by atoms with Gasteiger partial charge in [0.15, 0.2) is 5.82 Å². The Morgan fingerprint density at radius 2 is 2.31 bits per heavy atom. The predicted octanol–water partition coefficient (Wildman–Crippen LogP) is 0.849. The Kier molecular flexibility index (Phi) is 2.13. The highest BCUT2D eigenvalue weighted by atomic mass is 127. The second-order valence-corrected chi connectivity index (χ2v) is 3.54. The van der Waals surface area contributed by atoms with Crippen molar-refractivity contribution in [1.29, 1.82) is 0 Å². The molecule has 2 aromatic rings. The van der Waals surface area contributed by atoms with E-state index in [2.05, 4.69) is 37.7 Å². The molecule has 2 rings (SSSR count). The minimum absolute atomic E-state index is 0.481. The molecule has 0 atom stereocenters. The van der Waals surface area contributed by atoms with E-state index in [9.17, 15) is 0 Å². The van der Waals surface area contributed by atoms with Crippen molar-refractivity contribution in [3.63, 3.8) is 0 Å². The van der Waals surface area contributed by atoms with Crippen molar-refractivity contribution < 1.29 is 0 Å². The van der Waals surface area contributed by atoms with E-state index >= 15 is 0 Å². The molecular weight excluding hydrogens is 281 g/mol. The number of hydrogen-bond donors (Lipinski definition) is 1. The molecule has 13 heavy (non-hydrogen) atoms. The Morgan fingerprint density at radius 1 is 1.46 bits per heavy atom. The minimum atomic E-state index is 0.481. The summed E-state index contributed by atoms with van der Waals surface area (Å²) in [6.45, 7) is 0. The van der Waals surface area contributed by atoms with Crippen molar-refractivity contribution in [2.75, 3.05) is 5.73 Å². The zero-order valence-electron chi connectivity index (χ0n) is 6.55. The lowest BCUT2D eigenvalue weighted by atomic mass is 10.6. The zero-order valence-corrected chi connectivity index (χ0v) is 8.71.